The fourth-order valence-corrected chi connectivity index (χ4v) is 2.28. The van der Waals surface area contributed by atoms with E-state index in [0.717, 1.165) is 21.5 Å². The third kappa shape index (κ3) is 2.70. The molecule has 3 nitrogen and oxygen atoms in total. The summed E-state index contributed by atoms with van der Waals surface area (Å²) in [5.74, 6) is 1.18. The summed E-state index contributed by atoms with van der Waals surface area (Å²) in [6.45, 7) is 0. The van der Waals surface area contributed by atoms with Gasteiger partial charge in [-0.2, -0.15) is 0 Å². The largest absolute Gasteiger partial charge is 0.439 e. The normalized spacial score (nSPS) is 10.4. The fourth-order valence-electron chi connectivity index (χ4n) is 1.90. The van der Waals surface area contributed by atoms with Gasteiger partial charge in [-0.15, -0.1) is 0 Å². The van der Waals surface area contributed by atoms with Crippen molar-refractivity contribution in [2.45, 2.75) is 0 Å². The Bertz CT molecular complexity index is 769. The third-order valence-corrected chi connectivity index (χ3v) is 3.38. The van der Waals surface area contributed by atoms with Gasteiger partial charge < -0.3 is 4.74 Å². The van der Waals surface area contributed by atoms with Gasteiger partial charge in [-0.1, -0.05) is 28.1 Å². The molecule has 3 aromatic rings. The fraction of sp³-hybridized carbons (Fsp3) is 0. The van der Waals surface area contributed by atoms with Crippen molar-refractivity contribution in [3.8, 4) is 11.6 Å². The number of pyridine rings is 1. The molecule has 0 amide bonds. The molecule has 0 unspecified atom stereocenters. The first-order valence-corrected chi connectivity index (χ1v) is 6.82. The van der Waals surface area contributed by atoms with Crippen LogP contribution >= 0.6 is 15.9 Å². The number of ether oxygens (including phenoxy) is 1. The van der Waals surface area contributed by atoms with E-state index in [9.17, 15) is 4.79 Å². The quantitative estimate of drug-likeness (QED) is 0.660. The minimum absolute atomic E-state index is 0.465. The highest BCUT2D eigenvalue weighted by Crippen LogP contribution is 2.26. The third-order valence-electron chi connectivity index (χ3n) is 2.89. The van der Waals surface area contributed by atoms with Crippen LogP contribution in [0.5, 0.6) is 11.6 Å². The number of aromatic nitrogens is 1. The Morgan fingerprint density at radius 1 is 1.00 bits per heavy atom. The van der Waals surface area contributed by atoms with Crippen LogP contribution in [-0.4, -0.2) is 11.3 Å². The van der Waals surface area contributed by atoms with Crippen LogP contribution in [0.4, 0.5) is 0 Å². The van der Waals surface area contributed by atoms with Gasteiger partial charge in [0.1, 0.15) is 5.75 Å². The zero-order valence-corrected chi connectivity index (χ0v) is 12.0. The van der Waals surface area contributed by atoms with E-state index in [0.29, 0.717) is 17.2 Å². The number of fused-ring (bicyclic) bond motifs is 1. The molecule has 98 valence electrons. The first kappa shape index (κ1) is 12.8. The molecular formula is C16H10BrNO2. The number of nitrogens with zero attached hydrogens (tertiary/aromatic N) is 1. The first-order chi connectivity index (χ1) is 9.74. The predicted octanol–water partition coefficient (Wildman–Crippen LogP) is 4.60. The van der Waals surface area contributed by atoms with Crippen molar-refractivity contribution in [2.24, 2.45) is 0 Å². The minimum atomic E-state index is 0.465. The second-order valence-electron chi connectivity index (χ2n) is 4.30. The molecular weight excluding hydrogens is 318 g/mol. The van der Waals surface area contributed by atoms with Gasteiger partial charge in [-0.3, -0.25) is 4.79 Å². The Balaban J connectivity index is 1.89. The van der Waals surface area contributed by atoms with E-state index in [-0.39, 0.29) is 0 Å². The number of carbonyl (C=O) groups is 1. The van der Waals surface area contributed by atoms with Crippen LogP contribution in [0.3, 0.4) is 0 Å². The van der Waals surface area contributed by atoms with E-state index in [1.165, 1.54) is 6.20 Å². The van der Waals surface area contributed by atoms with E-state index in [1.54, 1.807) is 12.1 Å². The second kappa shape index (κ2) is 5.43. The molecule has 0 fully saturated rings. The summed E-state index contributed by atoms with van der Waals surface area (Å²) in [5.41, 5.74) is 0.528. The van der Waals surface area contributed by atoms with Gasteiger partial charge in [-0.05, 0) is 41.1 Å². The Hall–Kier alpha value is -2.20. The van der Waals surface area contributed by atoms with Crippen molar-refractivity contribution in [3.63, 3.8) is 0 Å². The van der Waals surface area contributed by atoms with Crippen molar-refractivity contribution in [1.82, 2.24) is 4.98 Å². The molecule has 0 atom stereocenters. The van der Waals surface area contributed by atoms with Crippen LogP contribution in [0.25, 0.3) is 10.8 Å². The maximum absolute atomic E-state index is 10.6. The maximum atomic E-state index is 10.6. The number of benzene rings is 2. The lowest BCUT2D eigenvalue weighted by Gasteiger charge is -2.06. The standard InChI is InChI=1S/C16H10BrNO2/c17-14-4-2-13-8-15(5-3-12(13)7-14)20-16-6-1-11(10-19)9-18-16/h1-10H. The van der Waals surface area contributed by atoms with Crippen molar-refractivity contribution in [2.75, 3.05) is 0 Å². The summed E-state index contributed by atoms with van der Waals surface area (Å²) in [7, 11) is 0. The van der Waals surface area contributed by atoms with Gasteiger partial charge in [0.15, 0.2) is 6.29 Å². The number of hydrogen-bond acceptors (Lipinski definition) is 3. The summed E-state index contributed by atoms with van der Waals surface area (Å²) in [6.07, 6.45) is 2.24. The summed E-state index contributed by atoms with van der Waals surface area (Å²) >= 11 is 3.45. The topological polar surface area (TPSA) is 39.2 Å². The minimum Gasteiger partial charge on any atom is -0.439 e. The highest BCUT2D eigenvalue weighted by atomic mass is 79.9. The summed E-state index contributed by atoms with van der Waals surface area (Å²) in [5, 5.41) is 2.23. The Morgan fingerprint density at radius 3 is 2.55 bits per heavy atom. The highest BCUT2D eigenvalue weighted by molar-refractivity contribution is 9.10. The van der Waals surface area contributed by atoms with Crippen LogP contribution < -0.4 is 4.74 Å². The van der Waals surface area contributed by atoms with Crippen LogP contribution in [0, 0.1) is 0 Å². The monoisotopic (exact) mass is 327 g/mol. The van der Waals surface area contributed by atoms with Crippen LogP contribution in [0.15, 0.2) is 59.2 Å². The molecule has 0 saturated carbocycles. The maximum Gasteiger partial charge on any atom is 0.219 e. The summed E-state index contributed by atoms with van der Waals surface area (Å²) < 4.78 is 6.72. The SMILES string of the molecule is O=Cc1ccc(Oc2ccc3cc(Br)ccc3c2)nc1. The van der Waals surface area contributed by atoms with Gasteiger partial charge in [0.25, 0.3) is 0 Å². The summed E-state index contributed by atoms with van der Waals surface area (Å²) in [6, 6.07) is 15.3. The number of carbonyl (C=O) groups excluding carboxylic acids is 1. The molecule has 0 N–H and O–H groups in total. The Kier molecular flexibility index (Phi) is 3.48. The zero-order chi connectivity index (χ0) is 13.9. The zero-order valence-electron chi connectivity index (χ0n) is 10.4. The molecule has 2 aromatic carbocycles. The molecule has 0 bridgehead atoms. The molecule has 0 aliphatic carbocycles. The van der Waals surface area contributed by atoms with E-state index < -0.39 is 0 Å². The lowest BCUT2D eigenvalue weighted by Crippen LogP contribution is -1.89. The molecule has 0 aliphatic heterocycles. The Labute approximate surface area is 124 Å². The van der Waals surface area contributed by atoms with Crippen molar-refractivity contribution in [3.05, 3.63) is 64.8 Å². The number of rotatable bonds is 3. The first-order valence-electron chi connectivity index (χ1n) is 6.03. The highest BCUT2D eigenvalue weighted by Gasteiger charge is 2.01. The van der Waals surface area contributed by atoms with Gasteiger partial charge in [0.05, 0.1) is 0 Å². The van der Waals surface area contributed by atoms with Gasteiger partial charge >= 0.3 is 0 Å². The average molecular weight is 328 g/mol. The molecule has 0 saturated heterocycles. The lowest BCUT2D eigenvalue weighted by atomic mass is 10.1. The van der Waals surface area contributed by atoms with Crippen molar-refractivity contribution in [1.29, 1.82) is 0 Å². The number of aldehydes is 1. The van der Waals surface area contributed by atoms with E-state index >= 15 is 0 Å². The van der Waals surface area contributed by atoms with Crippen LogP contribution in [0.2, 0.25) is 0 Å². The van der Waals surface area contributed by atoms with Crippen molar-refractivity contribution < 1.29 is 9.53 Å². The van der Waals surface area contributed by atoms with Crippen LogP contribution in [-0.2, 0) is 0 Å². The number of halogens is 1. The molecule has 1 aromatic heterocycles. The lowest BCUT2D eigenvalue weighted by molar-refractivity contribution is 0.112. The Morgan fingerprint density at radius 2 is 1.80 bits per heavy atom. The van der Waals surface area contributed by atoms with Gasteiger partial charge in [-0.25, -0.2) is 4.98 Å². The van der Waals surface area contributed by atoms with Crippen LogP contribution in [0.1, 0.15) is 10.4 Å². The number of hydrogen-bond donors (Lipinski definition) is 0. The summed E-state index contributed by atoms with van der Waals surface area (Å²) in [4.78, 5) is 14.6. The predicted molar refractivity (Wildman–Crippen MR) is 81.3 cm³/mol. The van der Waals surface area contributed by atoms with E-state index in [4.69, 9.17) is 4.74 Å². The van der Waals surface area contributed by atoms with E-state index in [2.05, 4.69) is 27.0 Å². The van der Waals surface area contributed by atoms with Gasteiger partial charge in [0.2, 0.25) is 5.88 Å². The second-order valence-corrected chi connectivity index (χ2v) is 5.22. The molecule has 0 radical (unpaired) electrons. The van der Waals surface area contributed by atoms with Crippen molar-refractivity contribution >= 4 is 33.0 Å². The molecule has 20 heavy (non-hydrogen) atoms. The van der Waals surface area contributed by atoms with E-state index in [1.807, 2.05) is 30.3 Å². The molecule has 1 heterocycles. The molecule has 0 aliphatic rings. The molecule has 3 rings (SSSR count). The smallest absolute Gasteiger partial charge is 0.219 e. The average Bonchev–Trinajstić information content (AvgIpc) is 2.48. The molecule has 0 spiro atoms. The molecule has 4 heteroatoms. The van der Waals surface area contributed by atoms with Gasteiger partial charge in [0, 0.05) is 22.3 Å².